The van der Waals surface area contributed by atoms with E-state index in [1.54, 1.807) is 4.57 Å². The number of hydrogen-bond acceptors (Lipinski definition) is 5. The van der Waals surface area contributed by atoms with Gasteiger partial charge < -0.3 is 20.1 Å². The molecule has 2 atom stereocenters. The SMILES string of the molecule is O=C(Nc1ccc(F)c(F)c1)c1c(Cl)c(S(=O)(=O)NC2C3CCC2CC(O)(CO)C3)c2n1CCCC2. The highest BCUT2D eigenvalue weighted by molar-refractivity contribution is 7.89. The molecule has 1 aliphatic heterocycles. The highest BCUT2D eigenvalue weighted by Crippen LogP contribution is 2.47. The Morgan fingerprint density at radius 1 is 1.17 bits per heavy atom. The summed E-state index contributed by atoms with van der Waals surface area (Å²) >= 11 is 6.59. The van der Waals surface area contributed by atoms with Crippen LogP contribution < -0.4 is 10.0 Å². The Morgan fingerprint density at radius 3 is 2.50 bits per heavy atom. The molecule has 1 amide bonds. The number of carbonyl (C=O) groups is 1. The van der Waals surface area contributed by atoms with E-state index in [0.717, 1.165) is 37.8 Å². The third-order valence-electron chi connectivity index (χ3n) is 7.77. The van der Waals surface area contributed by atoms with Crippen molar-refractivity contribution in [2.75, 3.05) is 11.9 Å². The van der Waals surface area contributed by atoms with Gasteiger partial charge in [0.2, 0.25) is 10.0 Å². The predicted octanol–water partition coefficient (Wildman–Crippen LogP) is 3.20. The molecule has 5 rings (SSSR count). The maximum absolute atomic E-state index is 13.7. The van der Waals surface area contributed by atoms with Crippen molar-refractivity contribution in [1.82, 2.24) is 9.29 Å². The summed E-state index contributed by atoms with van der Waals surface area (Å²) in [6, 6.07) is 2.52. The number of amides is 1. The van der Waals surface area contributed by atoms with Crippen molar-refractivity contribution in [3.63, 3.8) is 0 Å². The second-order valence-corrected chi connectivity index (χ2v) is 12.2. The molecule has 0 spiro atoms. The van der Waals surface area contributed by atoms with E-state index in [4.69, 9.17) is 11.6 Å². The number of fused-ring (bicyclic) bond motifs is 3. The fourth-order valence-electron chi connectivity index (χ4n) is 6.18. The van der Waals surface area contributed by atoms with Crippen LogP contribution in [0.5, 0.6) is 0 Å². The van der Waals surface area contributed by atoms with Crippen LogP contribution in [-0.2, 0) is 23.0 Å². The zero-order valence-electron chi connectivity index (χ0n) is 19.4. The Kier molecular flexibility index (Phi) is 6.65. The largest absolute Gasteiger partial charge is 0.393 e. The smallest absolute Gasteiger partial charge is 0.273 e. The van der Waals surface area contributed by atoms with E-state index in [0.29, 0.717) is 31.5 Å². The molecule has 2 aliphatic carbocycles. The predicted molar refractivity (Wildman–Crippen MR) is 128 cm³/mol. The van der Waals surface area contributed by atoms with E-state index in [1.807, 2.05) is 0 Å². The minimum absolute atomic E-state index is 0.0130. The molecule has 12 heteroatoms. The number of aliphatic hydroxyl groups excluding tert-OH is 1. The van der Waals surface area contributed by atoms with Gasteiger partial charge >= 0.3 is 0 Å². The molecule has 2 heterocycles. The Balaban J connectivity index is 1.47. The van der Waals surface area contributed by atoms with Crippen LogP contribution in [0.4, 0.5) is 14.5 Å². The Labute approximate surface area is 212 Å². The van der Waals surface area contributed by atoms with E-state index in [2.05, 4.69) is 10.0 Å². The summed E-state index contributed by atoms with van der Waals surface area (Å²) in [6.45, 7) is 0.0258. The summed E-state index contributed by atoms with van der Waals surface area (Å²) in [6.07, 6.45) is 3.95. The van der Waals surface area contributed by atoms with Gasteiger partial charge in [-0.3, -0.25) is 4.79 Å². The lowest BCUT2D eigenvalue weighted by Gasteiger charge is -2.40. The Hall–Kier alpha value is -2.05. The minimum Gasteiger partial charge on any atom is -0.393 e. The topological polar surface area (TPSA) is 121 Å². The summed E-state index contributed by atoms with van der Waals surface area (Å²) in [7, 11) is -4.14. The molecule has 196 valence electrons. The second kappa shape index (κ2) is 9.36. The summed E-state index contributed by atoms with van der Waals surface area (Å²) in [5.41, 5.74) is -0.799. The average Bonchev–Trinajstić information content (AvgIpc) is 3.25. The minimum atomic E-state index is -4.14. The fraction of sp³-hybridized carbons (Fsp3) is 0.542. The van der Waals surface area contributed by atoms with E-state index < -0.39 is 39.2 Å². The molecule has 36 heavy (non-hydrogen) atoms. The number of hydrogen-bond donors (Lipinski definition) is 4. The molecule has 8 nitrogen and oxygen atoms in total. The Bertz CT molecular complexity index is 1300. The zero-order chi connectivity index (χ0) is 25.8. The summed E-state index contributed by atoms with van der Waals surface area (Å²) < 4.78 is 58.7. The first kappa shape index (κ1) is 25.6. The van der Waals surface area contributed by atoms with Crippen molar-refractivity contribution in [1.29, 1.82) is 0 Å². The number of nitrogens with one attached hydrogen (secondary N) is 2. The van der Waals surface area contributed by atoms with Crippen LogP contribution in [-0.4, -0.2) is 47.4 Å². The van der Waals surface area contributed by atoms with Crippen molar-refractivity contribution in [3.8, 4) is 0 Å². The molecule has 0 radical (unpaired) electrons. The van der Waals surface area contributed by atoms with Gasteiger partial charge in [-0.15, -0.1) is 0 Å². The van der Waals surface area contributed by atoms with Crippen molar-refractivity contribution < 1.29 is 32.2 Å². The van der Waals surface area contributed by atoms with Gasteiger partial charge in [0.05, 0.1) is 17.2 Å². The lowest BCUT2D eigenvalue weighted by atomic mass is 9.75. The maximum Gasteiger partial charge on any atom is 0.273 e. The maximum atomic E-state index is 13.7. The van der Waals surface area contributed by atoms with E-state index in [-0.39, 0.29) is 39.7 Å². The second-order valence-electron chi connectivity index (χ2n) is 10.2. The number of anilines is 1. The quantitative estimate of drug-likeness (QED) is 0.446. The number of sulfonamides is 1. The van der Waals surface area contributed by atoms with Crippen LogP contribution in [0.15, 0.2) is 23.1 Å². The molecule has 1 aromatic carbocycles. The molecule has 2 saturated carbocycles. The van der Waals surface area contributed by atoms with Crippen molar-refractivity contribution in [2.24, 2.45) is 11.8 Å². The van der Waals surface area contributed by atoms with E-state index >= 15 is 0 Å². The summed E-state index contributed by atoms with van der Waals surface area (Å²) in [5.74, 6) is -3.15. The molecular formula is C24H28ClF2N3O5S. The van der Waals surface area contributed by atoms with Gasteiger partial charge in [-0.05, 0) is 68.9 Å². The first-order chi connectivity index (χ1) is 17.0. The van der Waals surface area contributed by atoms with Gasteiger partial charge in [-0.25, -0.2) is 21.9 Å². The number of aliphatic hydroxyl groups is 2. The number of halogens is 3. The van der Waals surface area contributed by atoms with Gasteiger partial charge in [0.15, 0.2) is 11.6 Å². The van der Waals surface area contributed by atoms with Crippen LogP contribution >= 0.6 is 11.6 Å². The molecule has 2 aromatic rings. The normalized spacial score (nSPS) is 27.6. The van der Waals surface area contributed by atoms with Crippen LogP contribution in [0.25, 0.3) is 0 Å². The summed E-state index contributed by atoms with van der Waals surface area (Å²) in [5, 5.41) is 22.4. The van der Waals surface area contributed by atoms with Crippen LogP contribution in [0.1, 0.15) is 54.7 Å². The van der Waals surface area contributed by atoms with Gasteiger partial charge in [-0.2, -0.15) is 0 Å². The number of benzene rings is 1. The lowest BCUT2D eigenvalue weighted by molar-refractivity contribution is -0.0672. The van der Waals surface area contributed by atoms with Gasteiger partial charge in [0.1, 0.15) is 10.6 Å². The van der Waals surface area contributed by atoms with Crippen LogP contribution in [0.2, 0.25) is 5.02 Å². The van der Waals surface area contributed by atoms with Crippen molar-refractivity contribution in [3.05, 3.63) is 46.2 Å². The third kappa shape index (κ3) is 4.45. The molecular weight excluding hydrogens is 516 g/mol. The van der Waals surface area contributed by atoms with E-state index in [9.17, 15) is 32.2 Å². The molecule has 2 bridgehead atoms. The Morgan fingerprint density at radius 2 is 1.86 bits per heavy atom. The fourth-order valence-corrected chi connectivity index (χ4v) is 8.49. The van der Waals surface area contributed by atoms with E-state index in [1.165, 1.54) is 6.07 Å². The highest BCUT2D eigenvalue weighted by Gasteiger charge is 2.50. The van der Waals surface area contributed by atoms with Crippen LogP contribution in [0.3, 0.4) is 0 Å². The zero-order valence-corrected chi connectivity index (χ0v) is 21.0. The molecule has 4 N–H and O–H groups in total. The molecule has 0 saturated heterocycles. The lowest BCUT2D eigenvalue weighted by Crippen LogP contribution is -2.51. The highest BCUT2D eigenvalue weighted by atomic mass is 35.5. The molecule has 2 unspecified atom stereocenters. The number of rotatable bonds is 6. The van der Waals surface area contributed by atoms with Crippen molar-refractivity contribution >= 4 is 33.2 Å². The first-order valence-corrected chi connectivity index (χ1v) is 13.9. The first-order valence-electron chi connectivity index (χ1n) is 12.1. The molecule has 2 fully saturated rings. The van der Waals surface area contributed by atoms with Crippen LogP contribution in [0, 0.1) is 23.5 Å². The monoisotopic (exact) mass is 543 g/mol. The number of aromatic nitrogens is 1. The number of nitrogens with zero attached hydrogens (tertiary/aromatic N) is 1. The average molecular weight is 544 g/mol. The molecule has 1 aromatic heterocycles. The standard InChI is InChI=1S/C24H28ClF2N3O5S/c25-19-21(23(32)28-15-6-7-16(26)17(27)9-15)30-8-2-1-3-18(30)22(19)36(34,35)29-20-13-4-5-14(20)11-24(33,10-13)12-31/h6-7,9,13-14,20,29,31,33H,1-5,8,10-12H2,(H,28,32). The van der Waals surface area contributed by atoms with Gasteiger partial charge in [-0.1, -0.05) is 11.6 Å². The summed E-state index contributed by atoms with van der Waals surface area (Å²) in [4.78, 5) is 13.0. The van der Waals surface area contributed by atoms with Gasteiger partial charge in [0.25, 0.3) is 5.91 Å². The molecule has 3 aliphatic rings. The third-order valence-corrected chi connectivity index (χ3v) is 9.81. The number of carbonyl (C=O) groups excluding carboxylic acids is 1. The van der Waals surface area contributed by atoms with Crippen molar-refractivity contribution in [2.45, 2.75) is 68.0 Å². The van der Waals surface area contributed by atoms with Gasteiger partial charge in [0, 0.05) is 30.0 Å².